The molecule has 0 spiro atoms. The second kappa shape index (κ2) is 9.75. The fourth-order valence-corrected chi connectivity index (χ4v) is 3.45. The maximum Gasteiger partial charge on any atom is 0.223 e. The van der Waals surface area contributed by atoms with E-state index in [1.54, 1.807) is 36.5 Å². The Morgan fingerprint density at radius 2 is 1.35 bits per heavy atom. The molecule has 0 aliphatic carbocycles. The minimum atomic E-state index is 0.0776. The number of phenolic OH excluding ortho intramolecular Hbond substituents is 1. The number of pyridine rings is 2. The summed E-state index contributed by atoms with van der Waals surface area (Å²) < 4.78 is 11.8. The molecule has 5 rings (SSSR count). The van der Waals surface area contributed by atoms with E-state index in [0.29, 0.717) is 29.1 Å². The van der Waals surface area contributed by atoms with Gasteiger partial charge in [0.1, 0.15) is 11.6 Å². The zero-order chi connectivity index (χ0) is 23.2. The quantitative estimate of drug-likeness (QED) is 0.284. The summed E-state index contributed by atoms with van der Waals surface area (Å²) in [6, 6.07) is 35.5. The number of hydrogen-bond donors (Lipinski definition) is 1. The van der Waals surface area contributed by atoms with Gasteiger partial charge >= 0.3 is 0 Å². The molecule has 0 atom stereocenters. The van der Waals surface area contributed by atoms with E-state index in [1.807, 2.05) is 89.8 Å². The van der Waals surface area contributed by atoms with Crippen LogP contribution in [0.15, 0.2) is 121 Å². The van der Waals surface area contributed by atoms with E-state index in [2.05, 4.69) is 4.98 Å². The lowest BCUT2D eigenvalue weighted by Gasteiger charge is -2.25. The third-order valence-corrected chi connectivity index (χ3v) is 4.97. The Morgan fingerprint density at radius 1 is 0.618 bits per heavy atom. The molecule has 0 saturated carbocycles. The first-order valence-electron chi connectivity index (χ1n) is 10.7. The minimum absolute atomic E-state index is 0.0776. The summed E-state index contributed by atoms with van der Waals surface area (Å²) in [6.45, 7) is 0. The van der Waals surface area contributed by atoms with Crippen LogP contribution in [0, 0.1) is 0 Å². The molecule has 0 saturated heterocycles. The lowest BCUT2D eigenvalue weighted by molar-refractivity contribution is 0.411. The second-order valence-electron chi connectivity index (χ2n) is 7.34. The van der Waals surface area contributed by atoms with Crippen LogP contribution in [0.3, 0.4) is 0 Å². The lowest BCUT2D eigenvalue weighted by atomic mass is 10.2. The molecular weight excluding hydrogens is 426 g/mol. The van der Waals surface area contributed by atoms with Crippen molar-refractivity contribution >= 4 is 17.2 Å². The monoisotopic (exact) mass is 447 g/mol. The van der Waals surface area contributed by atoms with E-state index in [9.17, 15) is 5.11 Å². The van der Waals surface area contributed by atoms with Gasteiger partial charge in [-0.25, -0.2) is 4.98 Å². The zero-order valence-corrected chi connectivity index (χ0v) is 18.2. The number of ether oxygens (including phenoxy) is 2. The van der Waals surface area contributed by atoms with Crippen LogP contribution in [0.1, 0.15) is 0 Å². The predicted molar refractivity (Wildman–Crippen MR) is 131 cm³/mol. The van der Waals surface area contributed by atoms with Gasteiger partial charge in [-0.1, -0.05) is 48.5 Å². The Hall–Kier alpha value is -4.84. The van der Waals surface area contributed by atoms with Crippen molar-refractivity contribution in [2.24, 2.45) is 0 Å². The highest BCUT2D eigenvalue weighted by Gasteiger charge is 2.16. The molecule has 1 N–H and O–H groups in total. The second-order valence-corrected chi connectivity index (χ2v) is 7.34. The molecule has 0 aliphatic heterocycles. The number of benzene rings is 3. The Bertz CT molecular complexity index is 1380. The zero-order valence-electron chi connectivity index (χ0n) is 18.2. The van der Waals surface area contributed by atoms with Crippen molar-refractivity contribution in [3.63, 3.8) is 0 Å². The number of anilines is 3. The van der Waals surface area contributed by atoms with E-state index in [-0.39, 0.29) is 5.75 Å². The van der Waals surface area contributed by atoms with E-state index < -0.39 is 0 Å². The topological polar surface area (TPSA) is 67.7 Å². The van der Waals surface area contributed by atoms with Crippen LogP contribution in [0.4, 0.5) is 17.2 Å². The normalized spacial score (nSPS) is 10.5. The third kappa shape index (κ3) is 4.81. The number of aromatic nitrogens is 2. The fraction of sp³-hybridized carbons (Fsp3) is 0. The molecule has 3 aromatic carbocycles. The van der Waals surface area contributed by atoms with Crippen LogP contribution in [0.5, 0.6) is 29.0 Å². The van der Waals surface area contributed by atoms with Gasteiger partial charge in [-0.15, -0.1) is 0 Å². The highest BCUT2D eigenvalue weighted by atomic mass is 16.5. The van der Waals surface area contributed by atoms with Gasteiger partial charge in [0, 0.05) is 30.1 Å². The van der Waals surface area contributed by atoms with E-state index in [0.717, 1.165) is 11.4 Å². The Balaban J connectivity index is 1.52. The van der Waals surface area contributed by atoms with Gasteiger partial charge in [-0.3, -0.25) is 4.90 Å². The molecule has 0 fully saturated rings. The molecule has 6 nitrogen and oxygen atoms in total. The van der Waals surface area contributed by atoms with Crippen molar-refractivity contribution < 1.29 is 14.6 Å². The first-order valence-corrected chi connectivity index (χ1v) is 10.7. The van der Waals surface area contributed by atoms with Crippen molar-refractivity contribution in [1.29, 1.82) is 0 Å². The smallest absolute Gasteiger partial charge is 0.223 e. The number of phenols is 1. The molecule has 0 radical (unpaired) electrons. The van der Waals surface area contributed by atoms with Gasteiger partial charge < -0.3 is 14.6 Å². The summed E-state index contributed by atoms with van der Waals surface area (Å²) in [5.41, 5.74) is 1.76. The summed E-state index contributed by atoms with van der Waals surface area (Å²) in [6.07, 6.45) is 1.67. The Labute approximate surface area is 197 Å². The van der Waals surface area contributed by atoms with Crippen LogP contribution in [0.25, 0.3) is 0 Å². The Kier molecular flexibility index (Phi) is 6.03. The van der Waals surface area contributed by atoms with Crippen LogP contribution < -0.4 is 14.4 Å². The summed E-state index contributed by atoms with van der Waals surface area (Å²) in [4.78, 5) is 10.9. The van der Waals surface area contributed by atoms with E-state index in [1.165, 1.54) is 0 Å². The van der Waals surface area contributed by atoms with Gasteiger partial charge in [0.15, 0.2) is 11.5 Å². The van der Waals surface area contributed by atoms with Gasteiger partial charge in [0.25, 0.3) is 0 Å². The van der Waals surface area contributed by atoms with Gasteiger partial charge in [0.05, 0.1) is 5.69 Å². The summed E-state index contributed by atoms with van der Waals surface area (Å²) >= 11 is 0. The first-order chi connectivity index (χ1) is 16.8. The van der Waals surface area contributed by atoms with E-state index >= 15 is 0 Å². The van der Waals surface area contributed by atoms with Crippen molar-refractivity contribution in [3.05, 3.63) is 121 Å². The van der Waals surface area contributed by atoms with Gasteiger partial charge in [0.2, 0.25) is 11.8 Å². The number of rotatable bonds is 7. The summed E-state index contributed by atoms with van der Waals surface area (Å²) in [7, 11) is 0. The largest absolute Gasteiger partial charge is 0.504 e. The Morgan fingerprint density at radius 3 is 2.18 bits per heavy atom. The predicted octanol–water partition coefficient (Wildman–Crippen LogP) is 7.24. The molecular formula is C28H21N3O3. The number of hydrogen-bond acceptors (Lipinski definition) is 6. The number of nitrogens with zero attached hydrogens (tertiary/aromatic N) is 3. The molecule has 166 valence electrons. The van der Waals surface area contributed by atoms with Gasteiger partial charge in [-0.05, 0) is 48.5 Å². The minimum Gasteiger partial charge on any atom is -0.504 e. The van der Waals surface area contributed by atoms with Crippen molar-refractivity contribution in [3.8, 4) is 29.0 Å². The molecule has 0 amide bonds. The average molecular weight is 447 g/mol. The molecule has 34 heavy (non-hydrogen) atoms. The van der Waals surface area contributed by atoms with E-state index in [4.69, 9.17) is 14.5 Å². The lowest BCUT2D eigenvalue weighted by Crippen LogP contribution is -2.11. The molecule has 2 aromatic heterocycles. The number of para-hydroxylation sites is 3. The van der Waals surface area contributed by atoms with Crippen molar-refractivity contribution in [2.45, 2.75) is 0 Å². The third-order valence-electron chi connectivity index (χ3n) is 4.97. The molecule has 6 heteroatoms. The van der Waals surface area contributed by atoms with Crippen LogP contribution >= 0.6 is 0 Å². The molecule has 0 bridgehead atoms. The standard InChI is InChI=1S/C28H21N3O3/c32-24-14-4-5-15-25(24)33-23-13-8-12-22(20-23)31(21-10-2-1-3-11-21)26-16-9-18-28(30-26)34-27-17-6-7-19-29-27/h1-20,32H. The average Bonchev–Trinajstić information content (AvgIpc) is 2.88. The molecule has 0 aliphatic rings. The SMILES string of the molecule is Oc1ccccc1Oc1cccc(N(c2ccccc2)c2cccc(Oc3ccccn3)n2)c1. The van der Waals surface area contributed by atoms with Crippen molar-refractivity contribution in [1.82, 2.24) is 9.97 Å². The van der Waals surface area contributed by atoms with Crippen LogP contribution in [0.2, 0.25) is 0 Å². The number of aromatic hydroxyl groups is 1. The highest BCUT2D eigenvalue weighted by molar-refractivity contribution is 5.75. The van der Waals surface area contributed by atoms with Crippen LogP contribution in [-0.4, -0.2) is 15.1 Å². The maximum absolute atomic E-state index is 10.1. The highest BCUT2D eigenvalue weighted by Crippen LogP contribution is 2.37. The summed E-state index contributed by atoms with van der Waals surface area (Å²) in [5.74, 6) is 2.61. The fourth-order valence-electron chi connectivity index (χ4n) is 3.45. The maximum atomic E-state index is 10.1. The van der Waals surface area contributed by atoms with Crippen LogP contribution in [-0.2, 0) is 0 Å². The van der Waals surface area contributed by atoms with Crippen molar-refractivity contribution in [2.75, 3.05) is 4.90 Å². The van der Waals surface area contributed by atoms with Gasteiger partial charge in [-0.2, -0.15) is 4.98 Å². The molecule has 0 unspecified atom stereocenters. The molecule has 5 aromatic rings. The first kappa shape index (κ1) is 21.0. The summed E-state index contributed by atoms with van der Waals surface area (Å²) in [5, 5.41) is 10.1. The molecule has 2 heterocycles.